The van der Waals surface area contributed by atoms with E-state index >= 15 is 0 Å². The molecule has 1 aromatic rings. The molecule has 0 aromatic carbocycles. The lowest BCUT2D eigenvalue weighted by molar-refractivity contribution is 0.0679. The van der Waals surface area contributed by atoms with Gasteiger partial charge in [-0.15, -0.1) is 15.0 Å². The molecule has 0 unspecified atom stereocenters. The number of carboxylic acids is 1. The van der Waals surface area contributed by atoms with Crippen LogP contribution in [0.5, 0.6) is 0 Å². The van der Waals surface area contributed by atoms with E-state index in [2.05, 4.69) is 20.1 Å². The summed E-state index contributed by atoms with van der Waals surface area (Å²) >= 11 is 0. The predicted octanol–water partition coefficient (Wildman–Crippen LogP) is -1.02. The maximum Gasteiger partial charge on any atom is 0.377 e. The third-order valence-electron chi connectivity index (χ3n) is 0.889. The fraction of sp³-hybridized carbons (Fsp3) is 0.500. The van der Waals surface area contributed by atoms with Gasteiger partial charge in [0.2, 0.25) is 0 Å². The van der Waals surface area contributed by atoms with Crippen molar-refractivity contribution in [3.8, 4) is 0 Å². The van der Waals surface area contributed by atoms with E-state index in [9.17, 15) is 4.79 Å². The summed E-state index contributed by atoms with van der Waals surface area (Å²) in [6, 6.07) is 0. The average molecular weight is 158 g/mol. The van der Waals surface area contributed by atoms with Gasteiger partial charge in [-0.3, -0.25) is 0 Å². The highest BCUT2D eigenvalue weighted by Gasteiger charge is 2.09. The van der Waals surface area contributed by atoms with E-state index in [1.807, 2.05) is 0 Å². The molecule has 0 aliphatic carbocycles. The summed E-state index contributed by atoms with van der Waals surface area (Å²) in [5.41, 5.74) is 0. The van der Waals surface area contributed by atoms with Crippen LogP contribution in [0.2, 0.25) is 0 Å². The Labute approximate surface area is 61.6 Å². The van der Waals surface area contributed by atoms with Gasteiger partial charge in [0.05, 0.1) is 0 Å². The number of carboxylic acid groups (broad SMARTS) is 1. The summed E-state index contributed by atoms with van der Waals surface area (Å²) in [6.45, 7) is 0.0975. The van der Waals surface area contributed by atoms with Crippen LogP contribution in [0.1, 0.15) is 10.6 Å². The standard InChI is InChI=1S/C4H6N4O3/c1-11-2-8-6-3(4(9)10)5-7-8/h2H2,1H3,(H,9,10). The summed E-state index contributed by atoms with van der Waals surface area (Å²) in [5.74, 6) is -1.53. The fourth-order valence-electron chi connectivity index (χ4n) is 0.499. The number of hydrogen-bond acceptors (Lipinski definition) is 5. The molecule has 0 aliphatic heterocycles. The number of rotatable bonds is 3. The van der Waals surface area contributed by atoms with Crippen LogP contribution in [0.3, 0.4) is 0 Å². The number of nitrogens with zero attached hydrogens (tertiary/aromatic N) is 4. The molecule has 0 atom stereocenters. The molecule has 0 saturated carbocycles. The molecule has 7 nitrogen and oxygen atoms in total. The summed E-state index contributed by atoms with van der Waals surface area (Å²) in [6.07, 6.45) is 0. The first kappa shape index (κ1) is 7.61. The topological polar surface area (TPSA) is 90.1 Å². The van der Waals surface area contributed by atoms with E-state index in [1.165, 1.54) is 7.11 Å². The van der Waals surface area contributed by atoms with E-state index in [-0.39, 0.29) is 12.6 Å². The minimum absolute atomic E-state index is 0.0975. The molecule has 7 heteroatoms. The monoisotopic (exact) mass is 158 g/mol. The number of hydrogen-bond donors (Lipinski definition) is 1. The van der Waals surface area contributed by atoms with Gasteiger partial charge in [-0.05, 0) is 5.21 Å². The summed E-state index contributed by atoms with van der Waals surface area (Å²) < 4.78 is 4.63. The number of aromatic carboxylic acids is 1. The molecular formula is C4H6N4O3. The Balaban J connectivity index is 2.73. The molecule has 0 saturated heterocycles. The van der Waals surface area contributed by atoms with Crippen LogP contribution in [-0.2, 0) is 11.5 Å². The van der Waals surface area contributed by atoms with E-state index in [0.29, 0.717) is 0 Å². The lowest BCUT2D eigenvalue weighted by Crippen LogP contribution is -2.05. The highest BCUT2D eigenvalue weighted by atomic mass is 16.5. The Morgan fingerprint density at radius 2 is 2.55 bits per heavy atom. The minimum atomic E-state index is -1.20. The van der Waals surface area contributed by atoms with Gasteiger partial charge >= 0.3 is 5.97 Å². The van der Waals surface area contributed by atoms with Crippen LogP contribution in [0.4, 0.5) is 0 Å². The van der Waals surface area contributed by atoms with Crippen molar-refractivity contribution in [1.29, 1.82) is 0 Å². The second kappa shape index (κ2) is 3.06. The SMILES string of the molecule is COCn1nnc(C(=O)O)n1. The minimum Gasteiger partial charge on any atom is -0.475 e. The van der Waals surface area contributed by atoms with Crippen molar-refractivity contribution in [2.24, 2.45) is 0 Å². The third kappa shape index (κ3) is 1.71. The van der Waals surface area contributed by atoms with Gasteiger partial charge in [0, 0.05) is 7.11 Å². The van der Waals surface area contributed by atoms with Crippen molar-refractivity contribution in [2.75, 3.05) is 7.11 Å². The van der Waals surface area contributed by atoms with Crippen LogP contribution < -0.4 is 0 Å². The summed E-state index contributed by atoms with van der Waals surface area (Å²) in [7, 11) is 1.45. The van der Waals surface area contributed by atoms with E-state index < -0.39 is 5.97 Å². The quantitative estimate of drug-likeness (QED) is 0.605. The third-order valence-corrected chi connectivity index (χ3v) is 0.889. The maximum atomic E-state index is 10.2. The number of methoxy groups -OCH3 is 1. The second-order valence-corrected chi connectivity index (χ2v) is 1.71. The van der Waals surface area contributed by atoms with Crippen LogP contribution in [-0.4, -0.2) is 38.4 Å². The van der Waals surface area contributed by atoms with Gasteiger partial charge in [0.1, 0.15) is 0 Å². The summed E-state index contributed by atoms with van der Waals surface area (Å²) in [4.78, 5) is 11.2. The molecule has 0 bridgehead atoms. The average Bonchev–Trinajstić information content (AvgIpc) is 2.37. The first-order valence-electron chi connectivity index (χ1n) is 2.74. The molecule has 1 aromatic heterocycles. The zero-order valence-electron chi connectivity index (χ0n) is 5.76. The smallest absolute Gasteiger partial charge is 0.377 e. The number of carbonyl (C=O) groups is 1. The molecule has 1 heterocycles. The Morgan fingerprint density at radius 1 is 1.82 bits per heavy atom. The molecule has 0 fully saturated rings. The van der Waals surface area contributed by atoms with E-state index in [0.717, 1.165) is 4.80 Å². The lowest BCUT2D eigenvalue weighted by Gasteiger charge is -1.91. The Morgan fingerprint density at radius 3 is 3.00 bits per heavy atom. The van der Waals surface area contributed by atoms with E-state index in [4.69, 9.17) is 5.11 Å². The van der Waals surface area contributed by atoms with E-state index in [1.54, 1.807) is 0 Å². The first-order valence-corrected chi connectivity index (χ1v) is 2.74. The van der Waals surface area contributed by atoms with Crippen LogP contribution >= 0.6 is 0 Å². The molecule has 0 aliphatic rings. The lowest BCUT2D eigenvalue weighted by atomic mass is 10.7. The Kier molecular flexibility index (Phi) is 2.12. The predicted molar refractivity (Wildman–Crippen MR) is 31.8 cm³/mol. The van der Waals surface area contributed by atoms with Crippen molar-refractivity contribution < 1.29 is 14.6 Å². The van der Waals surface area contributed by atoms with Gasteiger partial charge in [-0.1, -0.05) is 0 Å². The summed E-state index contributed by atoms with van der Waals surface area (Å²) in [5, 5.41) is 18.5. The van der Waals surface area contributed by atoms with Crippen molar-refractivity contribution in [3.63, 3.8) is 0 Å². The number of ether oxygens (including phenoxy) is 1. The van der Waals surface area contributed by atoms with Crippen molar-refractivity contribution in [2.45, 2.75) is 6.73 Å². The Bertz CT molecular complexity index is 258. The van der Waals surface area contributed by atoms with Gasteiger partial charge in [-0.2, -0.15) is 0 Å². The van der Waals surface area contributed by atoms with Gasteiger partial charge in [-0.25, -0.2) is 4.79 Å². The van der Waals surface area contributed by atoms with Crippen LogP contribution in [0.25, 0.3) is 0 Å². The second-order valence-electron chi connectivity index (χ2n) is 1.71. The molecule has 1 rings (SSSR count). The fourth-order valence-corrected chi connectivity index (χ4v) is 0.499. The van der Waals surface area contributed by atoms with Gasteiger partial charge in [0.25, 0.3) is 5.82 Å². The Hall–Kier alpha value is -1.50. The van der Waals surface area contributed by atoms with Gasteiger partial charge < -0.3 is 9.84 Å². The molecule has 0 spiro atoms. The van der Waals surface area contributed by atoms with Crippen LogP contribution in [0, 0.1) is 0 Å². The largest absolute Gasteiger partial charge is 0.475 e. The van der Waals surface area contributed by atoms with Crippen molar-refractivity contribution in [1.82, 2.24) is 20.2 Å². The maximum absolute atomic E-state index is 10.2. The zero-order valence-corrected chi connectivity index (χ0v) is 5.76. The number of tetrazole rings is 1. The van der Waals surface area contributed by atoms with Crippen molar-refractivity contribution in [3.05, 3.63) is 5.82 Å². The molecule has 0 amide bonds. The first-order chi connectivity index (χ1) is 5.24. The molecular weight excluding hydrogens is 152 g/mol. The molecule has 60 valence electrons. The zero-order chi connectivity index (χ0) is 8.27. The van der Waals surface area contributed by atoms with Crippen LogP contribution in [0.15, 0.2) is 0 Å². The van der Waals surface area contributed by atoms with Gasteiger partial charge in [0.15, 0.2) is 6.73 Å². The molecule has 1 N–H and O–H groups in total. The molecule has 0 radical (unpaired) electrons. The number of aromatic nitrogens is 4. The van der Waals surface area contributed by atoms with Crippen molar-refractivity contribution >= 4 is 5.97 Å². The molecule has 11 heavy (non-hydrogen) atoms. The highest BCUT2D eigenvalue weighted by molar-refractivity contribution is 5.82. The normalized spacial score (nSPS) is 9.91. The highest BCUT2D eigenvalue weighted by Crippen LogP contribution is 1.85.